The Balaban J connectivity index is 1.76. The number of nitrogens with zero attached hydrogens (tertiary/aromatic N) is 1. The van der Waals surface area contributed by atoms with Gasteiger partial charge >= 0.3 is 0 Å². The molecule has 0 radical (unpaired) electrons. The van der Waals surface area contributed by atoms with E-state index in [4.69, 9.17) is 9.15 Å². The number of rotatable bonds is 8. The number of methoxy groups -OCH3 is 1. The summed E-state index contributed by atoms with van der Waals surface area (Å²) >= 11 is 0. The molecule has 1 amide bonds. The number of nitrogens with one attached hydrogen (secondary N) is 2. The first-order valence-corrected chi connectivity index (χ1v) is 11.1. The topological polar surface area (TPSA) is 111 Å². The van der Waals surface area contributed by atoms with Crippen LogP contribution in [-0.2, 0) is 23.1 Å². The molecule has 31 heavy (non-hydrogen) atoms. The Morgan fingerprint density at radius 3 is 2.58 bits per heavy atom. The molecule has 0 unspecified atom stereocenters. The highest BCUT2D eigenvalue weighted by atomic mass is 32.2. The quantitative estimate of drug-likeness (QED) is 0.554. The zero-order chi connectivity index (χ0) is 22.6. The standard InChI is InChI=1S/C22H25N3O5S/c1-14-7-8-18(31(27,28)25-12-17-6-5-9-30-17)10-19(14)22(26)24-13-20-16(3)21(29-4)15(2)11-23-20/h5-11,25H,12-13H2,1-4H3,(H,24,26). The summed E-state index contributed by atoms with van der Waals surface area (Å²) in [5.74, 6) is 0.831. The Hall–Kier alpha value is -3.17. The second-order valence-corrected chi connectivity index (χ2v) is 8.88. The molecule has 0 aliphatic heterocycles. The van der Waals surface area contributed by atoms with Gasteiger partial charge in [-0.2, -0.15) is 0 Å². The van der Waals surface area contributed by atoms with E-state index in [-0.39, 0.29) is 29.5 Å². The normalized spacial score (nSPS) is 11.4. The molecule has 2 N–H and O–H groups in total. The summed E-state index contributed by atoms with van der Waals surface area (Å²) in [6, 6.07) is 7.79. The lowest BCUT2D eigenvalue weighted by Gasteiger charge is -2.14. The Bertz CT molecular complexity index is 1190. The summed E-state index contributed by atoms with van der Waals surface area (Å²) in [6.45, 7) is 5.74. The summed E-state index contributed by atoms with van der Waals surface area (Å²) in [5, 5.41) is 2.81. The van der Waals surface area contributed by atoms with Gasteiger partial charge in [-0.3, -0.25) is 9.78 Å². The summed E-state index contributed by atoms with van der Waals surface area (Å²) in [7, 11) is -2.23. The molecule has 3 rings (SSSR count). The monoisotopic (exact) mass is 443 g/mol. The second-order valence-electron chi connectivity index (χ2n) is 7.11. The summed E-state index contributed by atoms with van der Waals surface area (Å²) in [6.07, 6.45) is 3.16. The molecule has 164 valence electrons. The Kier molecular flexibility index (Phi) is 6.77. The maximum absolute atomic E-state index is 12.8. The molecule has 1 aromatic carbocycles. The van der Waals surface area contributed by atoms with Crippen LogP contribution in [0.15, 0.2) is 52.1 Å². The highest BCUT2D eigenvalue weighted by Crippen LogP contribution is 2.24. The fourth-order valence-electron chi connectivity index (χ4n) is 3.18. The van der Waals surface area contributed by atoms with Gasteiger partial charge in [0.1, 0.15) is 11.5 Å². The summed E-state index contributed by atoms with van der Waals surface area (Å²) < 4.78 is 38.3. The fraction of sp³-hybridized carbons (Fsp3) is 0.273. The Labute approximate surface area is 181 Å². The zero-order valence-electron chi connectivity index (χ0n) is 17.9. The highest BCUT2D eigenvalue weighted by molar-refractivity contribution is 7.89. The van der Waals surface area contributed by atoms with E-state index in [9.17, 15) is 13.2 Å². The van der Waals surface area contributed by atoms with E-state index in [1.165, 1.54) is 18.4 Å². The Morgan fingerprint density at radius 1 is 1.13 bits per heavy atom. The number of sulfonamides is 1. The molecule has 9 heteroatoms. The van der Waals surface area contributed by atoms with Crippen LogP contribution in [0.1, 0.15) is 38.5 Å². The molecule has 2 heterocycles. The van der Waals surface area contributed by atoms with Gasteiger partial charge in [-0.05, 0) is 50.6 Å². The molecule has 0 fully saturated rings. The van der Waals surface area contributed by atoms with Crippen molar-refractivity contribution in [2.45, 2.75) is 38.8 Å². The molecule has 0 saturated carbocycles. The van der Waals surface area contributed by atoms with Crippen molar-refractivity contribution in [2.75, 3.05) is 7.11 Å². The lowest BCUT2D eigenvalue weighted by Crippen LogP contribution is -2.26. The van der Waals surface area contributed by atoms with Gasteiger partial charge in [0.05, 0.1) is 37.1 Å². The highest BCUT2D eigenvalue weighted by Gasteiger charge is 2.19. The van der Waals surface area contributed by atoms with Crippen molar-refractivity contribution < 1.29 is 22.4 Å². The number of pyridine rings is 1. The van der Waals surface area contributed by atoms with Crippen LogP contribution in [0.25, 0.3) is 0 Å². The molecular formula is C22H25N3O5S. The fourth-order valence-corrected chi connectivity index (χ4v) is 4.20. The van der Waals surface area contributed by atoms with Gasteiger partial charge in [0.15, 0.2) is 0 Å². The number of benzene rings is 1. The molecule has 0 atom stereocenters. The first-order valence-electron chi connectivity index (χ1n) is 9.63. The first kappa shape index (κ1) is 22.5. The van der Waals surface area contributed by atoms with Gasteiger partial charge in [0, 0.05) is 22.9 Å². The van der Waals surface area contributed by atoms with Crippen molar-refractivity contribution in [3.63, 3.8) is 0 Å². The van der Waals surface area contributed by atoms with Crippen LogP contribution in [0.4, 0.5) is 0 Å². The second kappa shape index (κ2) is 9.32. The van der Waals surface area contributed by atoms with E-state index in [0.29, 0.717) is 17.0 Å². The van der Waals surface area contributed by atoms with Gasteiger partial charge in [-0.1, -0.05) is 6.07 Å². The van der Waals surface area contributed by atoms with Crippen LogP contribution in [0.3, 0.4) is 0 Å². The van der Waals surface area contributed by atoms with Crippen molar-refractivity contribution in [1.82, 2.24) is 15.0 Å². The molecule has 8 nitrogen and oxygen atoms in total. The molecule has 3 aromatic rings. The minimum Gasteiger partial charge on any atom is -0.496 e. The van der Waals surface area contributed by atoms with Crippen LogP contribution < -0.4 is 14.8 Å². The van der Waals surface area contributed by atoms with E-state index in [2.05, 4.69) is 15.0 Å². The third kappa shape index (κ3) is 5.12. The van der Waals surface area contributed by atoms with E-state index in [1.807, 2.05) is 13.8 Å². The van der Waals surface area contributed by atoms with Crippen molar-refractivity contribution >= 4 is 15.9 Å². The number of carbonyl (C=O) groups is 1. The number of hydrogen-bond donors (Lipinski definition) is 2. The van der Waals surface area contributed by atoms with Gasteiger partial charge in [0.2, 0.25) is 10.0 Å². The van der Waals surface area contributed by atoms with Crippen molar-refractivity contribution in [3.05, 3.63) is 76.5 Å². The number of aryl methyl sites for hydroxylation is 2. The minimum atomic E-state index is -3.82. The van der Waals surface area contributed by atoms with Crippen molar-refractivity contribution in [1.29, 1.82) is 0 Å². The third-order valence-electron chi connectivity index (χ3n) is 4.95. The van der Waals surface area contributed by atoms with E-state index >= 15 is 0 Å². The molecule has 2 aromatic heterocycles. The van der Waals surface area contributed by atoms with Crippen molar-refractivity contribution in [2.24, 2.45) is 0 Å². The number of carbonyl (C=O) groups excluding carboxylic acids is 1. The number of amides is 1. The molecular weight excluding hydrogens is 418 g/mol. The van der Waals surface area contributed by atoms with Gasteiger partial charge in [-0.15, -0.1) is 0 Å². The van der Waals surface area contributed by atoms with Crippen LogP contribution in [-0.4, -0.2) is 26.4 Å². The maximum Gasteiger partial charge on any atom is 0.251 e. The summed E-state index contributed by atoms with van der Waals surface area (Å²) in [5.41, 5.74) is 3.37. The van der Waals surface area contributed by atoms with Crippen LogP contribution >= 0.6 is 0 Å². The number of hydrogen-bond acceptors (Lipinski definition) is 6. The van der Waals surface area contributed by atoms with E-state index in [1.54, 1.807) is 38.4 Å². The smallest absolute Gasteiger partial charge is 0.251 e. The van der Waals surface area contributed by atoms with Crippen LogP contribution in [0, 0.1) is 20.8 Å². The molecule has 0 saturated heterocycles. The SMILES string of the molecule is COc1c(C)cnc(CNC(=O)c2cc(S(=O)(=O)NCc3ccco3)ccc2C)c1C. The Morgan fingerprint density at radius 2 is 1.90 bits per heavy atom. The largest absolute Gasteiger partial charge is 0.496 e. The lowest BCUT2D eigenvalue weighted by molar-refractivity contribution is 0.0949. The third-order valence-corrected chi connectivity index (χ3v) is 6.35. The zero-order valence-corrected chi connectivity index (χ0v) is 18.7. The molecule has 0 bridgehead atoms. The lowest BCUT2D eigenvalue weighted by atomic mass is 10.1. The predicted molar refractivity (Wildman–Crippen MR) is 115 cm³/mol. The average Bonchev–Trinajstić information content (AvgIpc) is 3.26. The number of ether oxygens (including phenoxy) is 1. The summed E-state index contributed by atoms with van der Waals surface area (Å²) in [4.78, 5) is 17.2. The van der Waals surface area contributed by atoms with Crippen LogP contribution in [0.5, 0.6) is 5.75 Å². The number of aromatic nitrogens is 1. The van der Waals surface area contributed by atoms with E-state index < -0.39 is 10.0 Å². The molecule has 0 aliphatic rings. The van der Waals surface area contributed by atoms with Gasteiger partial charge < -0.3 is 14.5 Å². The maximum atomic E-state index is 12.8. The first-order chi connectivity index (χ1) is 14.7. The minimum absolute atomic E-state index is 0.00103. The van der Waals surface area contributed by atoms with Crippen LogP contribution in [0.2, 0.25) is 0 Å². The average molecular weight is 444 g/mol. The van der Waals surface area contributed by atoms with E-state index in [0.717, 1.165) is 16.9 Å². The van der Waals surface area contributed by atoms with Gasteiger partial charge in [0.25, 0.3) is 5.91 Å². The van der Waals surface area contributed by atoms with Crippen molar-refractivity contribution in [3.8, 4) is 5.75 Å². The van der Waals surface area contributed by atoms with Gasteiger partial charge in [-0.25, -0.2) is 13.1 Å². The number of furan rings is 1. The molecule has 0 aliphatic carbocycles. The predicted octanol–water partition coefficient (Wildman–Crippen LogP) is 3.02. The molecule has 0 spiro atoms.